The fourth-order valence-corrected chi connectivity index (χ4v) is 0.842. The molecule has 14 heavy (non-hydrogen) atoms. The van der Waals surface area contributed by atoms with Gasteiger partial charge in [-0.15, -0.1) is 0 Å². The summed E-state index contributed by atoms with van der Waals surface area (Å²) in [6.45, 7) is 6.12. The third kappa shape index (κ3) is 9.31. The van der Waals surface area contributed by atoms with Gasteiger partial charge in [-0.3, -0.25) is 0 Å². The van der Waals surface area contributed by atoms with Crippen LogP contribution in [0.4, 0.5) is 0 Å². The maximum atomic E-state index is 5.60. The summed E-state index contributed by atoms with van der Waals surface area (Å²) in [6, 6.07) is 9.86. The first-order valence-corrected chi connectivity index (χ1v) is 3.82. The van der Waals surface area contributed by atoms with Crippen LogP contribution in [0.3, 0.4) is 0 Å². The molecule has 1 aromatic carbocycles. The van der Waals surface area contributed by atoms with E-state index in [2.05, 4.69) is 0 Å². The maximum Gasteiger partial charge on any atom is 2.00 e. The standard InChI is InChI=1S/C10H14O.2BrH.Mg/c1-10(2,3)11-9-7-5-4-6-8-9;;;/h4-8H,1-3H3;2*1H;/q;;;+2/p-2. The van der Waals surface area contributed by atoms with Crippen molar-refractivity contribution in [3.63, 3.8) is 0 Å². The molecule has 0 amide bonds. The van der Waals surface area contributed by atoms with Crippen molar-refractivity contribution in [2.24, 2.45) is 0 Å². The molecule has 0 saturated carbocycles. The summed E-state index contributed by atoms with van der Waals surface area (Å²) in [5.74, 6) is 0.931. The van der Waals surface area contributed by atoms with Gasteiger partial charge in [-0.2, -0.15) is 0 Å². The molecule has 0 aliphatic heterocycles. The van der Waals surface area contributed by atoms with Gasteiger partial charge in [0.2, 0.25) is 0 Å². The van der Waals surface area contributed by atoms with Crippen LogP contribution in [0.25, 0.3) is 0 Å². The zero-order chi connectivity index (χ0) is 8.32. The van der Waals surface area contributed by atoms with Crippen molar-refractivity contribution in [1.29, 1.82) is 0 Å². The normalized spacial score (nSPS) is 8.79. The molecule has 0 aliphatic carbocycles. The Morgan fingerprint density at radius 3 is 1.71 bits per heavy atom. The number of halogens is 2. The number of ether oxygens (including phenoxy) is 1. The Balaban J connectivity index is -0.000000403. The molecule has 0 aromatic heterocycles. The largest absolute Gasteiger partial charge is 2.00 e. The van der Waals surface area contributed by atoms with E-state index in [1.807, 2.05) is 51.1 Å². The molecule has 0 spiro atoms. The van der Waals surface area contributed by atoms with Crippen LogP contribution in [0.2, 0.25) is 0 Å². The maximum absolute atomic E-state index is 5.60. The molecule has 76 valence electrons. The van der Waals surface area contributed by atoms with Crippen LogP contribution in [0, 0.1) is 0 Å². The van der Waals surface area contributed by atoms with E-state index in [1.165, 1.54) is 0 Å². The summed E-state index contributed by atoms with van der Waals surface area (Å²) in [7, 11) is 0. The van der Waals surface area contributed by atoms with Gasteiger partial charge in [0.05, 0.1) is 0 Å². The van der Waals surface area contributed by atoms with Crippen LogP contribution in [0.5, 0.6) is 5.75 Å². The summed E-state index contributed by atoms with van der Waals surface area (Å²) in [5.41, 5.74) is -0.0959. The minimum atomic E-state index is -0.0959. The zero-order valence-electron chi connectivity index (χ0n) is 8.76. The molecule has 1 aromatic rings. The molecule has 0 unspecified atom stereocenters. The number of hydrogen-bond donors (Lipinski definition) is 0. The van der Waals surface area contributed by atoms with Gasteiger partial charge in [-0.25, -0.2) is 0 Å². The molecule has 1 nitrogen and oxygen atoms in total. The molecular formula is C10H14Br2MgO. The van der Waals surface area contributed by atoms with Crippen molar-refractivity contribution in [2.45, 2.75) is 26.4 Å². The zero-order valence-corrected chi connectivity index (χ0v) is 13.3. The van der Waals surface area contributed by atoms with Gasteiger partial charge in [-0.1, -0.05) is 18.2 Å². The minimum Gasteiger partial charge on any atom is -1.00 e. The Bertz CT molecular complexity index is 221. The molecule has 4 heteroatoms. The van der Waals surface area contributed by atoms with E-state index in [1.54, 1.807) is 0 Å². The first kappa shape index (κ1) is 20.2. The van der Waals surface area contributed by atoms with E-state index in [0.29, 0.717) is 0 Å². The van der Waals surface area contributed by atoms with E-state index >= 15 is 0 Å². The van der Waals surface area contributed by atoms with E-state index in [-0.39, 0.29) is 62.6 Å². The van der Waals surface area contributed by atoms with E-state index in [0.717, 1.165) is 5.75 Å². The van der Waals surface area contributed by atoms with Crippen molar-refractivity contribution in [3.8, 4) is 5.75 Å². The predicted molar refractivity (Wildman–Crippen MR) is 52.6 cm³/mol. The fourth-order valence-electron chi connectivity index (χ4n) is 0.842. The van der Waals surface area contributed by atoms with Crippen molar-refractivity contribution >= 4 is 23.1 Å². The second-order valence-corrected chi connectivity index (χ2v) is 3.53. The molecule has 0 fully saturated rings. The Hall–Kier alpha value is 0.746. The van der Waals surface area contributed by atoms with Gasteiger partial charge in [0.25, 0.3) is 0 Å². The van der Waals surface area contributed by atoms with Crippen LogP contribution in [-0.4, -0.2) is 28.7 Å². The Kier molecular flexibility index (Phi) is 13.0. The fraction of sp³-hybridized carbons (Fsp3) is 0.400. The van der Waals surface area contributed by atoms with Gasteiger partial charge in [0.15, 0.2) is 0 Å². The summed E-state index contributed by atoms with van der Waals surface area (Å²) in [6.07, 6.45) is 0. The SMILES string of the molecule is CC(C)(C)Oc1ccccc1.[Br-].[Br-].[Mg+2]. The molecular weight excluding hydrogens is 320 g/mol. The summed E-state index contributed by atoms with van der Waals surface area (Å²) >= 11 is 0. The second kappa shape index (κ2) is 9.01. The van der Waals surface area contributed by atoms with E-state index in [9.17, 15) is 0 Å². The van der Waals surface area contributed by atoms with Gasteiger partial charge in [-0.05, 0) is 32.9 Å². The monoisotopic (exact) mass is 332 g/mol. The Labute approximate surface area is 123 Å². The van der Waals surface area contributed by atoms with Crippen molar-refractivity contribution in [3.05, 3.63) is 30.3 Å². The molecule has 0 heterocycles. The first-order chi connectivity index (χ1) is 5.08. The van der Waals surface area contributed by atoms with Crippen LogP contribution in [-0.2, 0) is 0 Å². The molecule has 0 aliphatic rings. The van der Waals surface area contributed by atoms with Crippen molar-refractivity contribution in [1.82, 2.24) is 0 Å². The molecule has 0 atom stereocenters. The van der Waals surface area contributed by atoms with E-state index in [4.69, 9.17) is 4.74 Å². The third-order valence-corrected chi connectivity index (χ3v) is 1.17. The molecule has 0 radical (unpaired) electrons. The third-order valence-electron chi connectivity index (χ3n) is 1.17. The Morgan fingerprint density at radius 2 is 1.36 bits per heavy atom. The predicted octanol–water partition coefficient (Wildman–Crippen LogP) is -3.51. The van der Waals surface area contributed by atoms with Crippen molar-refractivity contribution in [2.75, 3.05) is 0 Å². The summed E-state index contributed by atoms with van der Waals surface area (Å²) in [5, 5.41) is 0. The molecule has 0 N–H and O–H groups in total. The van der Waals surface area contributed by atoms with Gasteiger partial charge in [0.1, 0.15) is 11.4 Å². The van der Waals surface area contributed by atoms with Crippen LogP contribution < -0.4 is 38.7 Å². The molecule has 0 saturated heterocycles. The minimum absolute atomic E-state index is 0. The van der Waals surface area contributed by atoms with Gasteiger partial charge in [0, 0.05) is 0 Å². The second-order valence-electron chi connectivity index (χ2n) is 3.53. The average molecular weight is 334 g/mol. The van der Waals surface area contributed by atoms with Crippen molar-refractivity contribution < 1.29 is 38.7 Å². The smallest absolute Gasteiger partial charge is 1.00 e. The molecule has 0 bridgehead atoms. The van der Waals surface area contributed by atoms with Crippen LogP contribution in [0.1, 0.15) is 20.8 Å². The van der Waals surface area contributed by atoms with E-state index < -0.39 is 0 Å². The number of para-hydroxylation sites is 1. The van der Waals surface area contributed by atoms with Crippen LogP contribution >= 0.6 is 0 Å². The van der Waals surface area contributed by atoms with Gasteiger partial charge >= 0.3 is 23.1 Å². The Morgan fingerprint density at radius 1 is 0.929 bits per heavy atom. The molecule has 1 rings (SSSR count). The summed E-state index contributed by atoms with van der Waals surface area (Å²) < 4.78 is 5.60. The summed E-state index contributed by atoms with van der Waals surface area (Å²) in [4.78, 5) is 0. The number of rotatable bonds is 1. The number of hydrogen-bond acceptors (Lipinski definition) is 1. The van der Waals surface area contributed by atoms with Gasteiger partial charge < -0.3 is 38.7 Å². The first-order valence-electron chi connectivity index (χ1n) is 3.82. The number of benzene rings is 1. The quantitative estimate of drug-likeness (QED) is 0.484. The topological polar surface area (TPSA) is 9.23 Å². The van der Waals surface area contributed by atoms with Crippen LogP contribution in [0.15, 0.2) is 30.3 Å². The average Bonchev–Trinajstić information content (AvgIpc) is 1.85.